The highest BCUT2D eigenvalue weighted by molar-refractivity contribution is 5.90. The van der Waals surface area contributed by atoms with Crippen molar-refractivity contribution in [2.75, 3.05) is 6.61 Å². The fraction of sp³-hybridized carbons (Fsp3) is 0.576. The van der Waals surface area contributed by atoms with Crippen LogP contribution >= 0.6 is 0 Å². The molecule has 3 heteroatoms. The molecular formula is C33H50O3. The SMILES string of the molecule is CC.CCCC.CCCCCOC(=O)c1ccc(-c2ccc(C3CCC3)cc2)cc1.O=CC1CCC1. The van der Waals surface area contributed by atoms with Crippen molar-refractivity contribution in [3.05, 3.63) is 59.7 Å². The molecule has 2 saturated carbocycles. The quantitative estimate of drug-likeness (QED) is 0.198. The van der Waals surface area contributed by atoms with Crippen molar-refractivity contribution in [2.24, 2.45) is 5.92 Å². The largest absolute Gasteiger partial charge is 0.462 e. The summed E-state index contributed by atoms with van der Waals surface area (Å²) in [4.78, 5) is 21.8. The molecule has 0 saturated heterocycles. The first-order valence-electron chi connectivity index (χ1n) is 14.5. The molecule has 2 aromatic rings. The lowest BCUT2D eigenvalue weighted by atomic mass is 9.80. The highest BCUT2D eigenvalue weighted by Crippen LogP contribution is 2.36. The molecule has 0 aromatic heterocycles. The van der Waals surface area contributed by atoms with Crippen LogP contribution in [0.1, 0.15) is 127 Å². The standard InChI is InChI=1S/C22H26O2.C5H8O.C4H10.C2H6/c1-2-3-4-16-24-22(23)21-14-12-20(13-15-21)19-10-8-18(9-11-19)17-6-5-7-17;6-4-5-2-1-3-5;1-3-4-2;1-2/h8-15,17H,2-7,16H2,1H3;4-5H,1-3H2;3-4H2,1-2H3;1-2H3. The number of carbonyl (C=O) groups excluding carboxylic acids is 2. The van der Waals surface area contributed by atoms with Crippen LogP contribution < -0.4 is 0 Å². The number of hydrogen-bond acceptors (Lipinski definition) is 3. The number of hydrogen-bond donors (Lipinski definition) is 0. The molecule has 2 aliphatic rings. The Hall–Kier alpha value is -2.42. The van der Waals surface area contributed by atoms with Gasteiger partial charge >= 0.3 is 5.97 Å². The maximum atomic E-state index is 12.0. The molecule has 3 nitrogen and oxygen atoms in total. The van der Waals surface area contributed by atoms with E-state index in [0.717, 1.165) is 49.9 Å². The van der Waals surface area contributed by atoms with Crippen LogP contribution in [0.2, 0.25) is 0 Å². The lowest BCUT2D eigenvalue weighted by molar-refractivity contribution is -0.113. The molecule has 200 valence electrons. The third kappa shape index (κ3) is 11.5. The van der Waals surface area contributed by atoms with Gasteiger partial charge in [-0.15, -0.1) is 0 Å². The van der Waals surface area contributed by atoms with Crippen LogP contribution in [0.5, 0.6) is 0 Å². The van der Waals surface area contributed by atoms with E-state index in [1.807, 2.05) is 38.1 Å². The molecule has 4 rings (SSSR count). The Labute approximate surface area is 221 Å². The number of benzene rings is 2. The fourth-order valence-corrected chi connectivity index (χ4v) is 3.66. The molecular weight excluding hydrogens is 444 g/mol. The van der Waals surface area contributed by atoms with Gasteiger partial charge in [-0.25, -0.2) is 4.79 Å². The van der Waals surface area contributed by atoms with Gasteiger partial charge in [0.1, 0.15) is 6.29 Å². The Morgan fingerprint density at radius 1 is 0.778 bits per heavy atom. The molecule has 0 radical (unpaired) electrons. The summed E-state index contributed by atoms with van der Waals surface area (Å²) in [5, 5.41) is 0. The molecule has 2 aliphatic carbocycles. The summed E-state index contributed by atoms with van der Waals surface area (Å²) >= 11 is 0. The lowest BCUT2D eigenvalue weighted by Gasteiger charge is -2.25. The van der Waals surface area contributed by atoms with Gasteiger partial charge in [0.25, 0.3) is 0 Å². The third-order valence-electron chi connectivity index (χ3n) is 6.76. The third-order valence-corrected chi connectivity index (χ3v) is 6.76. The number of aldehydes is 1. The van der Waals surface area contributed by atoms with Crippen molar-refractivity contribution in [2.45, 2.75) is 111 Å². The summed E-state index contributed by atoms with van der Waals surface area (Å²) in [6.07, 6.45) is 14.4. The van der Waals surface area contributed by atoms with Gasteiger partial charge in [-0.1, -0.05) is 110 Å². The van der Waals surface area contributed by atoms with Crippen LogP contribution in [0.3, 0.4) is 0 Å². The van der Waals surface area contributed by atoms with Gasteiger partial charge in [0, 0.05) is 5.92 Å². The Morgan fingerprint density at radius 3 is 1.67 bits per heavy atom. The molecule has 2 aromatic carbocycles. The van der Waals surface area contributed by atoms with Crippen LogP contribution in [-0.2, 0) is 9.53 Å². The van der Waals surface area contributed by atoms with Crippen molar-refractivity contribution in [3.8, 4) is 11.1 Å². The predicted octanol–water partition coefficient (Wildman–Crippen LogP) is 9.79. The Morgan fingerprint density at radius 2 is 1.31 bits per heavy atom. The molecule has 0 unspecified atom stereocenters. The summed E-state index contributed by atoms with van der Waals surface area (Å²) in [5.41, 5.74) is 4.41. The van der Waals surface area contributed by atoms with Crippen molar-refractivity contribution in [1.82, 2.24) is 0 Å². The molecule has 2 fully saturated rings. The van der Waals surface area contributed by atoms with E-state index >= 15 is 0 Å². The van der Waals surface area contributed by atoms with Crippen LogP contribution in [0.4, 0.5) is 0 Å². The molecule has 0 heterocycles. The van der Waals surface area contributed by atoms with Crippen LogP contribution in [0, 0.1) is 5.92 Å². The Bertz CT molecular complexity index is 813. The maximum absolute atomic E-state index is 12.0. The molecule has 0 atom stereocenters. The zero-order valence-electron chi connectivity index (χ0n) is 23.6. The molecule has 0 amide bonds. The van der Waals surface area contributed by atoms with Crippen molar-refractivity contribution in [3.63, 3.8) is 0 Å². The number of esters is 1. The molecule has 0 aliphatic heterocycles. The van der Waals surface area contributed by atoms with Gasteiger partial charge in [0.05, 0.1) is 12.2 Å². The van der Waals surface area contributed by atoms with E-state index in [2.05, 4.69) is 45.0 Å². The first-order valence-corrected chi connectivity index (χ1v) is 14.5. The minimum atomic E-state index is -0.224. The second-order valence-electron chi connectivity index (χ2n) is 9.50. The Kier molecular flexibility index (Phi) is 17.3. The van der Waals surface area contributed by atoms with E-state index in [0.29, 0.717) is 18.1 Å². The predicted molar refractivity (Wildman–Crippen MR) is 154 cm³/mol. The van der Waals surface area contributed by atoms with Crippen LogP contribution in [-0.4, -0.2) is 18.9 Å². The smallest absolute Gasteiger partial charge is 0.338 e. The molecule has 0 N–H and O–H groups in total. The van der Waals surface area contributed by atoms with E-state index in [1.165, 1.54) is 49.7 Å². The molecule has 36 heavy (non-hydrogen) atoms. The first-order chi connectivity index (χ1) is 17.6. The first kappa shape index (κ1) is 31.6. The normalized spacial score (nSPS) is 14.2. The minimum absolute atomic E-state index is 0.224. The summed E-state index contributed by atoms with van der Waals surface area (Å²) < 4.78 is 5.30. The van der Waals surface area contributed by atoms with Gasteiger partial charge in [0.15, 0.2) is 0 Å². The zero-order chi connectivity index (χ0) is 26.6. The monoisotopic (exact) mass is 494 g/mol. The van der Waals surface area contributed by atoms with E-state index in [9.17, 15) is 9.59 Å². The second kappa shape index (κ2) is 19.7. The fourth-order valence-electron chi connectivity index (χ4n) is 3.66. The Balaban J connectivity index is 0.000000448. The van der Waals surface area contributed by atoms with Crippen LogP contribution in [0.25, 0.3) is 11.1 Å². The minimum Gasteiger partial charge on any atom is -0.462 e. The molecule has 0 bridgehead atoms. The highest BCUT2D eigenvalue weighted by Gasteiger charge is 2.19. The van der Waals surface area contributed by atoms with Gasteiger partial charge in [-0.05, 0) is 66.8 Å². The van der Waals surface area contributed by atoms with Gasteiger partial charge in [-0.2, -0.15) is 0 Å². The summed E-state index contributed by atoms with van der Waals surface area (Å²) in [6, 6.07) is 16.6. The maximum Gasteiger partial charge on any atom is 0.338 e. The molecule has 0 spiro atoms. The van der Waals surface area contributed by atoms with E-state index in [4.69, 9.17) is 4.74 Å². The van der Waals surface area contributed by atoms with Gasteiger partial charge < -0.3 is 9.53 Å². The van der Waals surface area contributed by atoms with E-state index in [-0.39, 0.29) is 5.97 Å². The number of carbonyl (C=O) groups is 2. The summed E-state index contributed by atoms with van der Waals surface area (Å²) in [6.45, 7) is 11.0. The lowest BCUT2D eigenvalue weighted by Crippen LogP contribution is -2.10. The van der Waals surface area contributed by atoms with Crippen LogP contribution in [0.15, 0.2) is 48.5 Å². The van der Waals surface area contributed by atoms with Gasteiger partial charge in [-0.3, -0.25) is 0 Å². The van der Waals surface area contributed by atoms with E-state index in [1.54, 1.807) is 0 Å². The topological polar surface area (TPSA) is 43.4 Å². The van der Waals surface area contributed by atoms with Crippen molar-refractivity contribution < 1.29 is 14.3 Å². The number of ether oxygens (including phenoxy) is 1. The highest BCUT2D eigenvalue weighted by atomic mass is 16.5. The van der Waals surface area contributed by atoms with Crippen molar-refractivity contribution >= 4 is 12.3 Å². The summed E-state index contributed by atoms with van der Waals surface area (Å²) in [5.74, 6) is 0.979. The zero-order valence-corrected chi connectivity index (χ0v) is 23.6. The average molecular weight is 495 g/mol. The average Bonchev–Trinajstić information content (AvgIpc) is 2.87. The number of unbranched alkanes of at least 4 members (excludes halogenated alkanes) is 3. The number of rotatable bonds is 9. The second-order valence-corrected chi connectivity index (χ2v) is 9.50. The van der Waals surface area contributed by atoms with E-state index < -0.39 is 0 Å². The summed E-state index contributed by atoms with van der Waals surface area (Å²) in [7, 11) is 0. The van der Waals surface area contributed by atoms with Crippen molar-refractivity contribution in [1.29, 1.82) is 0 Å². The van der Waals surface area contributed by atoms with Gasteiger partial charge in [0.2, 0.25) is 0 Å².